The second kappa shape index (κ2) is 11.4. The lowest BCUT2D eigenvalue weighted by Crippen LogP contribution is -2.43. The molecule has 9 heteroatoms. The van der Waals surface area contributed by atoms with Crippen LogP contribution in [-0.4, -0.2) is 28.8 Å². The Hall–Kier alpha value is -4.69. The van der Waals surface area contributed by atoms with E-state index >= 15 is 0 Å². The minimum absolute atomic E-state index is 0.101. The lowest BCUT2D eigenvalue weighted by Gasteiger charge is -2.24. The summed E-state index contributed by atoms with van der Waals surface area (Å²) in [5.74, 6) is -1.31. The predicted octanol–water partition coefficient (Wildman–Crippen LogP) is 6.43. The normalized spacial score (nSPS) is 16.5. The molecule has 0 aromatic heterocycles. The summed E-state index contributed by atoms with van der Waals surface area (Å²) in [6.45, 7) is 0.101. The summed E-state index contributed by atoms with van der Waals surface area (Å²) in [5.41, 5.74) is 2.53. The molecule has 5 rings (SSSR count). The fourth-order valence-electron chi connectivity index (χ4n) is 4.38. The maximum Gasteiger partial charge on any atom is 0.411 e. The number of nitrogens with zero attached hydrogens (tertiary/aromatic N) is 1. The van der Waals surface area contributed by atoms with Crippen molar-refractivity contribution < 1.29 is 23.5 Å². The van der Waals surface area contributed by atoms with E-state index in [0.717, 1.165) is 5.56 Å². The van der Waals surface area contributed by atoms with Crippen molar-refractivity contribution in [2.24, 2.45) is 0 Å². The Kier molecular flexibility index (Phi) is 7.56. The van der Waals surface area contributed by atoms with Crippen molar-refractivity contribution in [2.75, 3.05) is 10.6 Å². The zero-order valence-corrected chi connectivity index (χ0v) is 21.3. The second-order valence-corrected chi connectivity index (χ2v) is 9.39. The number of benzene rings is 4. The van der Waals surface area contributed by atoms with Gasteiger partial charge < -0.3 is 15.4 Å². The van der Waals surface area contributed by atoms with Crippen LogP contribution in [0.5, 0.6) is 0 Å². The van der Waals surface area contributed by atoms with Crippen molar-refractivity contribution in [3.05, 3.63) is 131 Å². The maximum absolute atomic E-state index is 13.6. The Balaban J connectivity index is 1.43. The number of carbonyl (C=O) groups is 3. The Morgan fingerprint density at radius 3 is 2.31 bits per heavy atom. The van der Waals surface area contributed by atoms with E-state index in [1.165, 1.54) is 29.2 Å². The van der Waals surface area contributed by atoms with Gasteiger partial charge in [-0.2, -0.15) is 0 Å². The van der Waals surface area contributed by atoms with Crippen molar-refractivity contribution in [1.29, 1.82) is 0 Å². The standard InChI is InChI=1S/C30H23ClFN3O4/c31-22-8-4-6-19(16-22)18-35-26(29(37)33-24-9-2-1-3-10-24)27(39-30(35)38)21-7-5-11-25(17-21)34-28(36)20-12-14-23(32)15-13-20/h1-17,26-27H,18H2,(H,33,37)(H,34,36)/t26-,27-/m0/s1. The monoisotopic (exact) mass is 543 g/mol. The number of cyclic esters (lactones) is 1. The summed E-state index contributed by atoms with van der Waals surface area (Å²) in [7, 11) is 0. The van der Waals surface area contributed by atoms with E-state index in [4.69, 9.17) is 16.3 Å². The molecule has 1 saturated heterocycles. The molecule has 7 nitrogen and oxygen atoms in total. The first-order valence-electron chi connectivity index (χ1n) is 12.1. The van der Waals surface area contributed by atoms with Crippen molar-refractivity contribution in [2.45, 2.75) is 18.7 Å². The summed E-state index contributed by atoms with van der Waals surface area (Å²) in [5, 5.41) is 6.13. The van der Waals surface area contributed by atoms with Gasteiger partial charge in [-0.1, -0.05) is 54.1 Å². The third-order valence-corrected chi connectivity index (χ3v) is 6.45. The molecule has 0 radical (unpaired) electrons. The van der Waals surface area contributed by atoms with Gasteiger partial charge in [-0.25, -0.2) is 9.18 Å². The largest absolute Gasteiger partial charge is 0.438 e. The number of hydrogen-bond acceptors (Lipinski definition) is 4. The van der Waals surface area contributed by atoms with Gasteiger partial charge in [0.25, 0.3) is 11.8 Å². The van der Waals surface area contributed by atoms with Crippen molar-refractivity contribution in [3.63, 3.8) is 0 Å². The molecular weight excluding hydrogens is 521 g/mol. The van der Waals surface area contributed by atoms with E-state index in [-0.39, 0.29) is 12.1 Å². The van der Waals surface area contributed by atoms with Gasteiger partial charge >= 0.3 is 6.09 Å². The molecule has 1 aliphatic heterocycles. The third-order valence-electron chi connectivity index (χ3n) is 6.22. The van der Waals surface area contributed by atoms with Gasteiger partial charge in [0.15, 0.2) is 12.1 Å². The number of amides is 3. The van der Waals surface area contributed by atoms with Crippen LogP contribution in [0, 0.1) is 5.82 Å². The molecule has 0 saturated carbocycles. The van der Waals surface area contributed by atoms with Gasteiger partial charge in [-0.3, -0.25) is 14.5 Å². The number of ether oxygens (including phenoxy) is 1. The van der Waals surface area contributed by atoms with Crippen LogP contribution in [0.1, 0.15) is 27.6 Å². The first-order valence-corrected chi connectivity index (χ1v) is 12.5. The Labute approximate surface area is 229 Å². The summed E-state index contributed by atoms with van der Waals surface area (Å²) < 4.78 is 19.0. The number of carbonyl (C=O) groups excluding carboxylic acids is 3. The molecule has 0 aliphatic carbocycles. The maximum atomic E-state index is 13.6. The van der Waals surface area contributed by atoms with Crippen LogP contribution in [0.15, 0.2) is 103 Å². The average Bonchev–Trinajstić information content (AvgIpc) is 3.25. The van der Waals surface area contributed by atoms with Crippen LogP contribution in [0.25, 0.3) is 0 Å². The highest BCUT2D eigenvalue weighted by molar-refractivity contribution is 6.30. The molecule has 1 aliphatic rings. The number of halogens is 2. The number of nitrogens with one attached hydrogen (secondary N) is 2. The Bertz CT molecular complexity index is 1510. The summed E-state index contributed by atoms with van der Waals surface area (Å²) in [6, 6.07) is 26.8. The van der Waals surface area contributed by atoms with E-state index in [0.29, 0.717) is 22.0 Å². The Morgan fingerprint density at radius 1 is 0.846 bits per heavy atom. The van der Waals surface area contributed by atoms with Gasteiger partial charge in [0.05, 0.1) is 6.54 Å². The van der Waals surface area contributed by atoms with E-state index in [9.17, 15) is 18.8 Å². The fraction of sp³-hybridized carbons (Fsp3) is 0.100. The molecule has 0 bridgehead atoms. The molecule has 0 spiro atoms. The SMILES string of the molecule is O=C(Nc1cccc([C@@H]2OC(=O)N(Cc3cccc(Cl)c3)[C@@H]2C(=O)Nc2ccccc2)c1)c1ccc(F)cc1. The minimum Gasteiger partial charge on any atom is -0.438 e. The van der Waals surface area contributed by atoms with E-state index in [1.54, 1.807) is 66.7 Å². The average molecular weight is 544 g/mol. The second-order valence-electron chi connectivity index (χ2n) is 8.95. The van der Waals surface area contributed by atoms with Crippen LogP contribution >= 0.6 is 11.6 Å². The van der Waals surface area contributed by atoms with E-state index < -0.39 is 35.9 Å². The highest BCUT2D eigenvalue weighted by atomic mass is 35.5. The molecular formula is C30H23ClFN3O4. The fourth-order valence-corrected chi connectivity index (χ4v) is 4.59. The molecule has 2 atom stereocenters. The van der Waals surface area contributed by atoms with E-state index in [2.05, 4.69) is 10.6 Å². The van der Waals surface area contributed by atoms with Gasteiger partial charge in [-0.05, 0) is 71.8 Å². The molecule has 39 heavy (non-hydrogen) atoms. The van der Waals surface area contributed by atoms with Gasteiger partial charge in [0.2, 0.25) is 0 Å². The third kappa shape index (κ3) is 6.08. The van der Waals surface area contributed by atoms with Crippen LogP contribution < -0.4 is 10.6 Å². The number of hydrogen-bond donors (Lipinski definition) is 2. The predicted molar refractivity (Wildman–Crippen MR) is 146 cm³/mol. The summed E-state index contributed by atoms with van der Waals surface area (Å²) in [6.07, 6.45) is -1.61. The lowest BCUT2D eigenvalue weighted by atomic mass is 10.00. The van der Waals surface area contributed by atoms with Crippen molar-refractivity contribution in [3.8, 4) is 0 Å². The molecule has 1 fully saturated rings. The zero-order chi connectivity index (χ0) is 27.4. The zero-order valence-electron chi connectivity index (χ0n) is 20.5. The molecule has 0 unspecified atom stereocenters. The summed E-state index contributed by atoms with van der Waals surface area (Å²) in [4.78, 5) is 40.7. The molecule has 2 N–H and O–H groups in total. The molecule has 196 valence electrons. The van der Waals surface area contributed by atoms with Crippen LogP contribution in [0.4, 0.5) is 20.6 Å². The first kappa shape index (κ1) is 25.9. The molecule has 1 heterocycles. The topological polar surface area (TPSA) is 87.7 Å². The van der Waals surface area contributed by atoms with Crippen molar-refractivity contribution >= 4 is 40.9 Å². The highest BCUT2D eigenvalue weighted by Gasteiger charge is 2.47. The van der Waals surface area contributed by atoms with E-state index in [1.807, 2.05) is 12.1 Å². The summed E-state index contributed by atoms with van der Waals surface area (Å²) >= 11 is 6.14. The number of anilines is 2. The van der Waals surface area contributed by atoms with Gasteiger partial charge in [-0.15, -0.1) is 0 Å². The lowest BCUT2D eigenvalue weighted by molar-refractivity contribution is -0.121. The first-order chi connectivity index (χ1) is 18.9. The number of para-hydroxylation sites is 1. The quantitative estimate of drug-likeness (QED) is 0.281. The molecule has 4 aromatic carbocycles. The molecule has 3 amide bonds. The van der Waals surface area contributed by atoms with Gasteiger partial charge in [0, 0.05) is 22.0 Å². The molecule has 4 aromatic rings. The van der Waals surface area contributed by atoms with Crippen molar-refractivity contribution in [1.82, 2.24) is 4.90 Å². The number of rotatable bonds is 7. The Morgan fingerprint density at radius 2 is 1.56 bits per heavy atom. The minimum atomic E-state index is -1.01. The smallest absolute Gasteiger partial charge is 0.411 e. The van der Waals surface area contributed by atoms with Crippen LogP contribution in [0.2, 0.25) is 5.02 Å². The van der Waals surface area contributed by atoms with Crippen LogP contribution in [0.3, 0.4) is 0 Å². The van der Waals surface area contributed by atoms with Gasteiger partial charge in [0.1, 0.15) is 5.82 Å². The highest BCUT2D eigenvalue weighted by Crippen LogP contribution is 2.36. The van der Waals surface area contributed by atoms with Crippen LogP contribution in [-0.2, 0) is 16.1 Å².